The van der Waals surface area contributed by atoms with Crippen LogP contribution in [0.2, 0.25) is 0 Å². The number of hydrogen-bond acceptors (Lipinski definition) is 5. The number of Topliss-reactive ketones (excluding diaryl/α,β-unsaturated/α-hetero) is 1. The second-order valence-corrected chi connectivity index (χ2v) is 9.10. The summed E-state index contributed by atoms with van der Waals surface area (Å²) in [5.74, 6) is -0.0272. The second-order valence-electron chi connectivity index (χ2n) is 9.10. The van der Waals surface area contributed by atoms with Gasteiger partial charge in [-0.3, -0.25) is 14.5 Å². The summed E-state index contributed by atoms with van der Waals surface area (Å²) in [6, 6.07) is 8.65. The summed E-state index contributed by atoms with van der Waals surface area (Å²) in [5.41, 5.74) is 1.98. The number of imide groups is 1. The van der Waals surface area contributed by atoms with E-state index in [0.29, 0.717) is 17.9 Å². The fourth-order valence-electron chi connectivity index (χ4n) is 4.83. The van der Waals surface area contributed by atoms with Gasteiger partial charge in [-0.25, -0.2) is 4.79 Å². The van der Waals surface area contributed by atoms with Gasteiger partial charge in [0.2, 0.25) is 0 Å². The number of hydrogen-bond donors (Lipinski definition) is 1. The van der Waals surface area contributed by atoms with Gasteiger partial charge in [-0.1, -0.05) is 18.2 Å². The molecule has 0 radical (unpaired) electrons. The van der Waals surface area contributed by atoms with Crippen LogP contribution in [-0.4, -0.2) is 59.1 Å². The molecule has 33 heavy (non-hydrogen) atoms. The molecule has 8 heteroatoms. The summed E-state index contributed by atoms with van der Waals surface area (Å²) in [5, 5.41) is 2.77. The Hall–Kier alpha value is -3.13. The van der Waals surface area contributed by atoms with Gasteiger partial charge in [0.25, 0.3) is 5.91 Å². The summed E-state index contributed by atoms with van der Waals surface area (Å²) in [4.78, 5) is 40.1. The van der Waals surface area contributed by atoms with Crippen LogP contribution in [0, 0.1) is 13.8 Å². The first-order valence-electron chi connectivity index (χ1n) is 11.3. The van der Waals surface area contributed by atoms with E-state index in [1.165, 1.54) is 0 Å². The van der Waals surface area contributed by atoms with Crippen molar-refractivity contribution in [1.29, 1.82) is 0 Å². The molecule has 2 atom stereocenters. The summed E-state index contributed by atoms with van der Waals surface area (Å²) >= 11 is 0. The number of nitrogens with zero attached hydrogens (tertiary/aromatic N) is 2. The minimum Gasteiger partial charge on any atom is -0.496 e. The minimum atomic E-state index is -1.15. The molecule has 2 aromatic rings. The van der Waals surface area contributed by atoms with Crippen LogP contribution < -0.4 is 10.1 Å². The Balaban J connectivity index is 1.49. The molecule has 4 rings (SSSR count). The fourth-order valence-corrected chi connectivity index (χ4v) is 4.83. The van der Waals surface area contributed by atoms with Crippen molar-refractivity contribution in [3.63, 3.8) is 0 Å². The van der Waals surface area contributed by atoms with Gasteiger partial charge >= 0.3 is 6.03 Å². The SMILES string of the molecule is COc1ccccc1C[C@]1(C)NC(=O)N(CC(=O)c2cc(C)n(C[C@H]3CCCO3)c2C)C1=O. The Morgan fingerprint density at radius 3 is 2.73 bits per heavy atom. The minimum absolute atomic E-state index is 0.152. The maximum atomic E-state index is 13.2. The van der Waals surface area contributed by atoms with Crippen LogP contribution in [0.25, 0.3) is 0 Å². The number of carbonyl (C=O) groups excluding carboxylic acids is 3. The maximum Gasteiger partial charge on any atom is 0.325 e. The maximum absolute atomic E-state index is 13.2. The zero-order valence-electron chi connectivity index (χ0n) is 19.6. The lowest BCUT2D eigenvalue weighted by Crippen LogP contribution is -2.46. The van der Waals surface area contributed by atoms with Crippen molar-refractivity contribution < 1.29 is 23.9 Å². The molecule has 1 aromatic carbocycles. The predicted molar refractivity (Wildman–Crippen MR) is 123 cm³/mol. The van der Waals surface area contributed by atoms with E-state index in [4.69, 9.17) is 9.47 Å². The van der Waals surface area contributed by atoms with E-state index < -0.39 is 17.5 Å². The summed E-state index contributed by atoms with van der Waals surface area (Å²) in [7, 11) is 1.57. The first-order valence-corrected chi connectivity index (χ1v) is 11.3. The smallest absolute Gasteiger partial charge is 0.325 e. The first-order chi connectivity index (χ1) is 15.7. The van der Waals surface area contributed by atoms with E-state index in [-0.39, 0.29) is 24.9 Å². The van der Waals surface area contributed by atoms with Crippen LogP contribution in [0.5, 0.6) is 5.75 Å². The van der Waals surface area contributed by atoms with Gasteiger partial charge in [0, 0.05) is 36.5 Å². The summed E-state index contributed by atoms with van der Waals surface area (Å²) < 4.78 is 13.2. The fraction of sp³-hybridized carbons (Fsp3) is 0.480. The van der Waals surface area contributed by atoms with Crippen LogP contribution in [0.1, 0.15) is 47.1 Å². The number of rotatable bonds is 8. The standard InChI is InChI=1S/C25H31N3O5/c1-16-12-20(17(2)27(16)14-19-9-7-11-33-19)21(29)15-28-23(30)25(3,26-24(28)31)13-18-8-5-6-10-22(18)32-4/h5-6,8,10,12,19H,7,9,11,13-15H2,1-4H3,(H,26,31)/t19-,25+/m1/s1. The van der Waals surface area contributed by atoms with Gasteiger partial charge in [-0.2, -0.15) is 0 Å². The van der Waals surface area contributed by atoms with Gasteiger partial charge in [0.1, 0.15) is 11.3 Å². The monoisotopic (exact) mass is 453 g/mol. The van der Waals surface area contributed by atoms with E-state index in [1.807, 2.05) is 44.2 Å². The summed E-state index contributed by atoms with van der Waals surface area (Å²) in [6.07, 6.45) is 2.48. The highest BCUT2D eigenvalue weighted by atomic mass is 16.5. The molecule has 3 heterocycles. The highest BCUT2D eigenvalue weighted by Crippen LogP contribution is 2.28. The molecule has 0 saturated carbocycles. The van der Waals surface area contributed by atoms with Crippen molar-refractivity contribution in [2.45, 2.75) is 58.2 Å². The Labute approximate surface area is 193 Å². The van der Waals surface area contributed by atoms with E-state index >= 15 is 0 Å². The molecule has 1 N–H and O–H groups in total. The molecule has 0 bridgehead atoms. The lowest BCUT2D eigenvalue weighted by molar-refractivity contribution is -0.130. The highest BCUT2D eigenvalue weighted by molar-refractivity contribution is 6.11. The van der Waals surface area contributed by atoms with Crippen LogP contribution in [0.4, 0.5) is 4.79 Å². The number of aryl methyl sites for hydroxylation is 1. The molecule has 2 aliphatic heterocycles. The quantitative estimate of drug-likeness (QED) is 0.490. The molecule has 8 nitrogen and oxygen atoms in total. The van der Waals surface area contributed by atoms with Crippen molar-refractivity contribution in [3.05, 3.63) is 52.8 Å². The molecule has 176 valence electrons. The van der Waals surface area contributed by atoms with Gasteiger partial charge in [-0.05, 0) is 51.3 Å². The van der Waals surface area contributed by atoms with Gasteiger partial charge in [0.05, 0.1) is 19.8 Å². The van der Waals surface area contributed by atoms with Crippen molar-refractivity contribution >= 4 is 17.7 Å². The molecule has 2 aliphatic rings. The van der Waals surface area contributed by atoms with Crippen LogP contribution in [0.15, 0.2) is 30.3 Å². The topological polar surface area (TPSA) is 89.9 Å². The molecular weight excluding hydrogens is 422 g/mol. The van der Waals surface area contributed by atoms with Crippen LogP contribution in [-0.2, 0) is 22.5 Å². The normalized spacial score (nSPS) is 22.7. The third-order valence-corrected chi connectivity index (χ3v) is 6.67. The Bertz CT molecular complexity index is 1090. The number of para-hydroxylation sites is 1. The third kappa shape index (κ3) is 4.39. The zero-order valence-corrected chi connectivity index (χ0v) is 19.6. The number of nitrogens with one attached hydrogen (secondary N) is 1. The third-order valence-electron chi connectivity index (χ3n) is 6.67. The Morgan fingerprint density at radius 1 is 1.27 bits per heavy atom. The number of aromatic nitrogens is 1. The molecule has 3 amide bonds. The number of benzene rings is 1. The predicted octanol–water partition coefficient (Wildman–Crippen LogP) is 3.03. The van der Waals surface area contributed by atoms with E-state index in [9.17, 15) is 14.4 Å². The second kappa shape index (κ2) is 9.02. The van der Waals surface area contributed by atoms with Gasteiger partial charge in [-0.15, -0.1) is 0 Å². The molecule has 1 aromatic heterocycles. The lowest BCUT2D eigenvalue weighted by atomic mass is 9.92. The van der Waals surface area contributed by atoms with Gasteiger partial charge < -0.3 is 19.4 Å². The molecule has 2 saturated heterocycles. The van der Waals surface area contributed by atoms with Crippen molar-refractivity contribution in [2.24, 2.45) is 0 Å². The molecule has 0 unspecified atom stereocenters. The highest BCUT2D eigenvalue weighted by Gasteiger charge is 2.48. The summed E-state index contributed by atoms with van der Waals surface area (Å²) in [6.45, 7) is 6.71. The van der Waals surface area contributed by atoms with Crippen molar-refractivity contribution in [3.8, 4) is 5.75 Å². The first kappa shape index (κ1) is 23.0. The van der Waals surface area contributed by atoms with E-state index in [0.717, 1.165) is 41.3 Å². The van der Waals surface area contributed by atoms with Gasteiger partial charge in [0.15, 0.2) is 5.78 Å². The molecule has 0 spiro atoms. The molecular formula is C25H31N3O5. The number of methoxy groups -OCH3 is 1. The van der Waals surface area contributed by atoms with Crippen molar-refractivity contribution in [2.75, 3.05) is 20.3 Å². The van der Waals surface area contributed by atoms with Crippen LogP contribution >= 0.6 is 0 Å². The zero-order chi connectivity index (χ0) is 23.8. The number of urea groups is 1. The number of carbonyl (C=O) groups is 3. The molecule has 2 fully saturated rings. The largest absolute Gasteiger partial charge is 0.496 e. The average molecular weight is 454 g/mol. The molecule has 0 aliphatic carbocycles. The van der Waals surface area contributed by atoms with Crippen molar-refractivity contribution in [1.82, 2.24) is 14.8 Å². The lowest BCUT2D eigenvalue weighted by Gasteiger charge is -2.22. The number of ketones is 1. The number of ether oxygens (including phenoxy) is 2. The number of amides is 3. The van der Waals surface area contributed by atoms with Crippen LogP contribution in [0.3, 0.4) is 0 Å². The van der Waals surface area contributed by atoms with E-state index in [1.54, 1.807) is 14.0 Å². The van der Waals surface area contributed by atoms with E-state index in [2.05, 4.69) is 9.88 Å². The Morgan fingerprint density at radius 2 is 2.03 bits per heavy atom. The Kier molecular flexibility index (Phi) is 6.30. The average Bonchev–Trinajstić information content (AvgIpc) is 3.45.